The Morgan fingerprint density at radius 3 is 2.60 bits per heavy atom. The Morgan fingerprint density at radius 1 is 1.13 bits per heavy atom. The minimum Gasteiger partial charge on any atom is -0.491 e. The molecule has 0 fully saturated rings. The van der Waals surface area contributed by atoms with Crippen molar-refractivity contribution >= 4 is 38.8 Å². The second-order valence-corrected chi connectivity index (χ2v) is 8.45. The highest BCUT2D eigenvalue weighted by atomic mass is 32.2. The summed E-state index contributed by atoms with van der Waals surface area (Å²) in [7, 11) is -0.136. The second-order valence-electron chi connectivity index (χ2n) is 6.72. The van der Waals surface area contributed by atoms with Crippen LogP contribution >= 0.6 is 0 Å². The number of ether oxygens (including phenoxy) is 1. The smallest absolute Gasteiger partial charge is 0.392 e. The molecule has 1 aromatic heterocycles. The molecule has 0 spiro atoms. The number of nitrogens with zero attached hydrogens (tertiary/aromatic N) is 3. The van der Waals surface area contributed by atoms with Gasteiger partial charge in [0.15, 0.2) is 0 Å². The Labute approximate surface area is 173 Å². The van der Waals surface area contributed by atoms with Gasteiger partial charge in [0.05, 0.1) is 29.9 Å². The summed E-state index contributed by atoms with van der Waals surface area (Å²) in [5.41, 5.74) is 2.64. The predicted octanol–water partition coefficient (Wildman–Crippen LogP) is 5.85. The van der Waals surface area contributed by atoms with E-state index in [1.54, 1.807) is 0 Å². The van der Waals surface area contributed by atoms with Gasteiger partial charge in [-0.2, -0.15) is 13.2 Å². The monoisotopic (exact) mass is 440 g/mol. The quantitative estimate of drug-likeness (QED) is 0.489. The van der Waals surface area contributed by atoms with E-state index in [0.717, 1.165) is 22.7 Å². The highest BCUT2D eigenvalue weighted by Crippen LogP contribution is 2.34. The minimum atomic E-state index is -4.36. The van der Waals surface area contributed by atoms with Crippen LogP contribution in [0, 0.1) is 12.7 Å². The van der Waals surface area contributed by atoms with Gasteiger partial charge in [0, 0.05) is 11.5 Å². The van der Waals surface area contributed by atoms with E-state index in [1.165, 1.54) is 18.5 Å². The fourth-order valence-electron chi connectivity index (χ4n) is 2.85. The molecular formula is C20H20F4N4OS. The lowest BCUT2D eigenvalue weighted by atomic mass is 10.1. The maximum Gasteiger partial charge on any atom is 0.392 e. The standard InChI is InChI=1S/C20H20F4N4OS/c1-12-8-14(28-30(2)3)10-16-18(12)19(26-11-25-16)27-15-5-4-13(21)9-17(15)29-7-6-20(22,23)24/h4-5,8-11H,6-7H2,1-3H3,(H,25,26,27). The first kappa shape index (κ1) is 21.9. The third-order valence-electron chi connectivity index (χ3n) is 4.05. The molecule has 0 aliphatic heterocycles. The molecule has 2 aromatic carbocycles. The van der Waals surface area contributed by atoms with Gasteiger partial charge in [-0.25, -0.2) is 18.7 Å². The maximum absolute atomic E-state index is 13.6. The van der Waals surface area contributed by atoms with E-state index < -0.39 is 25.0 Å². The number of benzene rings is 2. The molecule has 0 atom stereocenters. The maximum atomic E-state index is 13.6. The van der Waals surface area contributed by atoms with Crippen LogP contribution in [0.3, 0.4) is 0 Å². The molecule has 0 amide bonds. The average Bonchev–Trinajstić information content (AvgIpc) is 2.62. The van der Waals surface area contributed by atoms with Gasteiger partial charge in [0.2, 0.25) is 0 Å². The van der Waals surface area contributed by atoms with Crippen LogP contribution in [0.25, 0.3) is 10.9 Å². The van der Waals surface area contributed by atoms with Crippen molar-refractivity contribution in [3.8, 4) is 5.75 Å². The SMILES string of the molecule is Cc1cc(N=S(C)C)cc2ncnc(Nc3ccc(F)cc3OCCC(F)(F)F)c12. The summed E-state index contributed by atoms with van der Waals surface area (Å²) in [4.78, 5) is 8.56. The molecule has 5 nitrogen and oxygen atoms in total. The average molecular weight is 440 g/mol. The summed E-state index contributed by atoms with van der Waals surface area (Å²) in [6, 6.07) is 7.37. The molecule has 0 saturated heterocycles. The number of alkyl halides is 3. The van der Waals surface area contributed by atoms with E-state index in [4.69, 9.17) is 4.74 Å². The van der Waals surface area contributed by atoms with Gasteiger partial charge >= 0.3 is 6.18 Å². The van der Waals surface area contributed by atoms with Crippen molar-refractivity contribution in [2.24, 2.45) is 4.36 Å². The molecule has 30 heavy (non-hydrogen) atoms. The third kappa shape index (κ3) is 5.65. The Morgan fingerprint density at radius 2 is 1.90 bits per heavy atom. The zero-order chi connectivity index (χ0) is 21.9. The first-order valence-electron chi connectivity index (χ1n) is 8.93. The van der Waals surface area contributed by atoms with Crippen LogP contribution in [-0.2, 0) is 10.7 Å². The molecule has 160 valence electrons. The number of hydrogen-bond acceptors (Lipinski definition) is 5. The fraction of sp³-hybridized carbons (Fsp3) is 0.300. The Kier molecular flexibility index (Phi) is 6.55. The van der Waals surface area contributed by atoms with Crippen LogP contribution in [0.1, 0.15) is 12.0 Å². The Bertz CT molecular complexity index is 1100. The number of halogens is 4. The van der Waals surface area contributed by atoms with E-state index in [0.29, 0.717) is 17.0 Å². The van der Waals surface area contributed by atoms with Crippen LogP contribution in [0.2, 0.25) is 0 Å². The molecule has 0 aliphatic rings. The Balaban J connectivity index is 1.95. The molecule has 0 aliphatic carbocycles. The van der Waals surface area contributed by atoms with E-state index in [2.05, 4.69) is 19.6 Å². The van der Waals surface area contributed by atoms with Gasteiger partial charge in [0.25, 0.3) is 0 Å². The molecular weight excluding hydrogens is 420 g/mol. The Hall–Kier alpha value is -2.75. The number of aryl methyl sites for hydroxylation is 1. The molecule has 1 heterocycles. The van der Waals surface area contributed by atoms with Crippen molar-refractivity contribution in [2.75, 3.05) is 24.4 Å². The molecule has 1 N–H and O–H groups in total. The van der Waals surface area contributed by atoms with Crippen LogP contribution in [-0.4, -0.2) is 35.3 Å². The first-order chi connectivity index (χ1) is 14.1. The molecule has 0 radical (unpaired) electrons. The highest BCUT2D eigenvalue weighted by molar-refractivity contribution is 7.85. The number of aromatic nitrogens is 2. The molecule has 0 saturated carbocycles. The summed E-state index contributed by atoms with van der Waals surface area (Å²) in [6.45, 7) is 1.27. The van der Waals surface area contributed by atoms with E-state index in [-0.39, 0.29) is 16.4 Å². The zero-order valence-electron chi connectivity index (χ0n) is 16.5. The lowest BCUT2D eigenvalue weighted by molar-refractivity contribution is -0.139. The first-order valence-corrected chi connectivity index (χ1v) is 10.9. The normalized spacial score (nSPS) is 11.7. The summed E-state index contributed by atoms with van der Waals surface area (Å²) >= 11 is 0. The number of nitrogens with one attached hydrogen (secondary N) is 1. The van der Waals surface area contributed by atoms with Crippen molar-refractivity contribution in [3.05, 3.63) is 48.0 Å². The van der Waals surface area contributed by atoms with Crippen molar-refractivity contribution in [1.29, 1.82) is 0 Å². The highest BCUT2D eigenvalue weighted by Gasteiger charge is 2.27. The summed E-state index contributed by atoms with van der Waals surface area (Å²) < 4.78 is 60.7. The number of fused-ring (bicyclic) bond motifs is 1. The van der Waals surface area contributed by atoms with E-state index in [1.807, 2.05) is 31.6 Å². The van der Waals surface area contributed by atoms with Gasteiger partial charge in [0.1, 0.15) is 23.7 Å². The second kappa shape index (κ2) is 8.95. The molecule has 3 aromatic rings. The minimum absolute atomic E-state index is 0.0312. The van der Waals surface area contributed by atoms with Crippen molar-refractivity contribution in [1.82, 2.24) is 9.97 Å². The van der Waals surface area contributed by atoms with Gasteiger partial charge < -0.3 is 10.1 Å². The fourth-order valence-corrected chi connectivity index (χ4v) is 3.38. The molecule has 10 heteroatoms. The molecule has 3 rings (SSSR count). The van der Waals surface area contributed by atoms with Crippen LogP contribution < -0.4 is 10.1 Å². The van der Waals surface area contributed by atoms with Gasteiger partial charge in [-0.1, -0.05) is 0 Å². The number of hydrogen-bond donors (Lipinski definition) is 1. The summed E-state index contributed by atoms with van der Waals surface area (Å²) in [5, 5.41) is 3.77. The van der Waals surface area contributed by atoms with Crippen molar-refractivity contribution < 1.29 is 22.3 Å². The van der Waals surface area contributed by atoms with Crippen molar-refractivity contribution in [2.45, 2.75) is 19.5 Å². The third-order valence-corrected chi connectivity index (χ3v) is 4.62. The zero-order valence-corrected chi connectivity index (χ0v) is 17.4. The van der Waals surface area contributed by atoms with E-state index in [9.17, 15) is 17.6 Å². The summed E-state index contributed by atoms with van der Waals surface area (Å²) in [6.07, 6.45) is -0.122. The van der Waals surface area contributed by atoms with Crippen LogP contribution in [0.15, 0.2) is 41.0 Å². The van der Waals surface area contributed by atoms with E-state index >= 15 is 0 Å². The topological polar surface area (TPSA) is 59.4 Å². The number of anilines is 2. The predicted molar refractivity (Wildman–Crippen MR) is 111 cm³/mol. The summed E-state index contributed by atoms with van der Waals surface area (Å²) in [5.74, 6) is -0.216. The van der Waals surface area contributed by atoms with Gasteiger partial charge in [-0.05, 0) is 49.3 Å². The molecule has 0 unspecified atom stereocenters. The van der Waals surface area contributed by atoms with Crippen molar-refractivity contribution in [3.63, 3.8) is 0 Å². The number of rotatable bonds is 6. The van der Waals surface area contributed by atoms with Gasteiger partial charge in [-0.3, -0.25) is 0 Å². The molecule has 0 bridgehead atoms. The van der Waals surface area contributed by atoms with Crippen LogP contribution in [0.4, 0.5) is 34.8 Å². The lowest BCUT2D eigenvalue weighted by Gasteiger charge is -2.15. The van der Waals surface area contributed by atoms with Gasteiger partial charge in [-0.15, -0.1) is 10.7 Å². The largest absolute Gasteiger partial charge is 0.491 e. The lowest BCUT2D eigenvalue weighted by Crippen LogP contribution is -2.13. The van der Waals surface area contributed by atoms with Crippen LogP contribution in [0.5, 0.6) is 5.75 Å².